The number of aryl methyl sites for hydroxylation is 1. The molecule has 2 aromatic rings. The molecule has 0 aromatic heterocycles. The molecule has 0 aliphatic heterocycles. The zero-order valence-corrected chi connectivity index (χ0v) is 13.4. The van der Waals surface area contributed by atoms with Crippen molar-refractivity contribution in [3.8, 4) is 0 Å². The Balaban J connectivity index is 2.06. The maximum Gasteiger partial charge on any atom is 0.230 e. The molecule has 0 aliphatic rings. The quantitative estimate of drug-likeness (QED) is 0.899. The zero-order chi connectivity index (χ0) is 15.5. The van der Waals surface area contributed by atoms with E-state index >= 15 is 0 Å². The summed E-state index contributed by atoms with van der Waals surface area (Å²) in [7, 11) is 0. The van der Waals surface area contributed by atoms with Crippen molar-refractivity contribution >= 4 is 17.5 Å². The molecule has 0 saturated heterocycles. The van der Waals surface area contributed by atoms with Gasteiger partial charge in [-0.05, 0) is 44.0 Å². The van der Waals surface area contributed by atoms with Crippen molar-refractivity contribution in [3.05, 3.63) is 70.2 Å². The third-order valence-corrected chi connectivity index (χ3v) is 3.92. The van der Waals surface area contributed by atoms with Crippen LogP contribution in [0.4, 0.5) is 0 Å². The number of carbonyl (C=O) groups excluding carboxylic acids is 1. The van der Waals surface area contributed by atoms with Gasteiger partial charge in [0.05, 0.1) is 5.41 Å². The Morgan fingerprint density at radius 2 is 1.81 bits per heavy atom. The van der Waals surface area contributed by atoms with Gasteiger partial charge in [0.25, 0.3) is 0 Å². The lowest BCUT2D eigenvalue weighted by Gasteiger charge is -2.24. The molecule has 0 heterocycles. The number of nitrogens with one attached hydrogen (secondary N) is 1. The zero-order valence-electron chi connectivity index (χ0n) is 12.6. The molecule has 21 heavy (non-hydrogen) atoms. The summed E-state index contributed by atoms with van der Waals surface area (Å²) in [6.45, 7) is 6.42. The molecule has 0 bridgehead atoms. The van der Waals surface area contributed by atoms with Crippen LogP contribution in [0.2, 0.25) is 5.02 Å². The van der Waals surface area contributed by atoms with E-state index in [1.165, 1.54) is 5.56 Å². The summed E-state index contributed by atoms with van der Waals surface area (Å²) < 4.78 is 0. The normalized spacial score (nSPS) is 11.2. The van der Waals surface area contributed by atoms with Crippen molar-refractivity contribution in [3.63, 3.8) is 0 Å². The molecule has 2 aromatic carbocycles. The Hall–Kier alpha value is -1.80. The summed E-state index contributed by atoms with van der Waals surface area (Å²) in [4.78, 5) is 12.5. The smallest absolute Gasteiger partial charge is 0.230 e. The molecule has 0 spiro atoms. The van der Waals surface area contributed by atoms with E-state index in [0.29, 0.717) is 11.6 Å². The molecule has 1 amide bonds. The Morgan fingerprint density at radius 1 is 1.14 bits per heavy atom. The third-order valence-electron chi connectivity index (χ3n) is 3.67. The Morgan fingerprint density at radius 3 is 2.43 bits per heavy atom. The minimum Gasteiger partial charge on any atom is -0.351 e. The average molecular weight is 302 g/mol. The van der Waals surface area contributed by atoms with E-state index in [0.717, 1.165) is 11.1 Å². The summed E-state index contributed by atoms with van der Waals surface area (Å²) in [6.07, 6.45) is 0. The number of rotatable bonds is 4. The fraction of sp³-hybridized carbons (Fsp3) is 0.278. The summed E-state index contributed by atoms with van der Waals surface area (Å²) in [5.41, 5.74) is 2.66. The Labute approximate surface area is 131 Å². The highest BCUT2D eigenvalue weighted by Crippen LogP contribution is 2.25. The van der Waals surface area contributed by atoms with Crippen LogP contribution >= 0.6 is 11.6 Å². The third kappa shape index (κ3) is 3.85. The number of carbonyl (C=O) groups is 1. The van der Waals surface area contributed by atoms with E-state index in [4.69, 9.17) is 11.6 Å². The fourth-order valence-electron chi connectivity index (χ4n) is 2.22. The molecule has 0 atom stereocenters. The molecule has 2 rings (SSSR count). The highest BCUT2D eigenvalue weighted by Gasteiger charge is 2.29. The minimum absolute atomic E-state index is 0.00586. The van der Waals surface area contributed by atoms with Crippen LogP contribution < -0.4 is 5.32 Å². The van der Waals surface area contributed by atoms with Gasteiger partial charge in [0.15, 0.2) is 0 Å². The van der Waals surface area contributed by atoms with Crippen molar-refractivity contribution in [2.24, 2.45) is 0 Å². The maximum absolute atomic E-state index is 12.5. The van der Waals surface area contributed by atoms with Gasteiger partial charge >= 0.3 is 0 Å². The monoisotopic (exact) mass is 301 g/mol. The van der Waals surface area contributed by atoms with Gasteiger partial charge in [0, 0.05) is 11.6 Å². The van der Waals surface area contributed by atoms with Crippen LogP contribution in [0.1, 0.15) is 30.5 Å². The summed E-state index contributed by atoms with van der Waals surface area (Å²) in [6, 6.07) is 15.6. The van der Waals surface area contributed by atoms with Gasteiger partial charge in [-0.3, -0.25) is 4.79 Å². The van der Waals surface area contributed by atoms with E-state index in [2.05, 4.69) is 11.4 Å². The van der Waals surface area contributed by atoms with Gasteiger partial charge in [-0.2, -0.15) is 0 Å². The van der Waals surface area contributed by atoms with E-state index in [-0.39, 0.29) is 5.91 Å². The van der Waals surface area contributed by atoms with Crippen LogP contribution in [-0.2, 0) is 16.8 Å². The predicted octanol–water partition coefficient (Wildman–Crippen LogP) is 4.24. The lowest BCUT2D eigenvalue weighted by Crippen LogP contribution is -2.39. The summed E-state index contributed by atoms with van der Waals surface area (Å²) >= 11 is 5.90. The molecule has 1 N–H and O–H groups in total. The molecule has 0 aliphatic carbocycles. The van der Waals surface area contributed by atoms with E-state index in [1.54, 1.807) is 0 Å². The highest BCUT2D eigenvalue weighted by molar-refractivity contribution is 6.30. The molecule has 0 unspecified atom stereocenters. The van der Waals surface area contributed by atoms with Crippen molar-refractivity contribution in [2.75, 3.05) is 0 Å². The van der Waals surface area contributed by atoms with Crippen molar-refractivity contribution in [1.29, 1.82) is 0 Å². The van der Waals surface area contributed by atoms with Crippen molar-refractivity contribution < 1.29 is 4.79 Å². The van der Waals surface area contributed by atoms with Gasteiger partial charge < -0.3 is 5.32 Å². The molecule has 110 valence electrons. The Kier molecular flexibility index (Phi) is 4.69. The fourth-order valence-corrected chi connectivity index (χ4v) is 2.35. The van der Waals surface area contributed by atoms with E-state index < -0.39 is 5.41 Å². The topological polar surface area (TPSA) is 29.1 Å². The first kappa shape index (κ1) is 15.6. The first-order valence-electron chi connectivity index (χ1n) is 6.99. The standard InChI is InChI=1S/C18H20ClNO/c1-13-5-4-6-14(11-13)12-20-17(21)18(2,3)15-7-9-16(19)10-8-15/h4-11H,12H2,1-3H3,(H,20,21). The maximum atomic E-state index is 12.5. The lowest BCUT2D eigenvalue weighted by molar-refractivity contribution is -0.125. The van der Waals surface area contributed by atoms with Crippen molar-refractivity contribution in [1.82, 2.24) is 5.32 Å². The number of amides is 1. The molecule has 0 saturated carbocycles. The van der Waals surface area contributed by atoms with Crippen LogP contribution in [0.25, 0.3) is 0 Å². The van der Waals surface area contributed by atoms with Crippen LogP contribution in [-0.4, -0.2) is 5.91 Å². The van der Waals surface area contributed by atoms with Gasteiger partial charge in [-0.1, -0.05) is 53.6 Å². The molecule has 2 nitrogen and oxygen atoms in total. The Bertz CT molecular complexity index is 632. The first-order valence-corrected chi connectivity index (χ1v) is 7.37. The summed E-state index contributed by atoms with van der Waals surface area (Å²) in [5, 5.41) is 3.68. The number of hydrogen-bond acceptors (Lipinski definition) is 1. The summed E-state index contributed by atoms with van der Waals surface area (Å²) in [5.74, 6) is 0.00586. The van der Waals surface area contributed by atoms with E-state index in [1.807, 2.05) is 63.2 Å². The first-order chi connectivity index (χ1) is 9.89. The molecule has 0 radical (unpaired) electrons. The van der Waals surface area contributed by atoms with Gasteiger partial charge in [-0.15, -0.1) is 0 Å². The predicted molar refractivity (Wildman–Crippen MR) is 87.5 cm³/mol. The number of halogens is 1. The minimum atomic E-state index is -0.589. The second-order valence-electron chi connectivity index (χ2n) is 5.80. The van der Waals surface area contributed by atoms with Gasteiger partial charge in [0.2, 0.25) is 5.91 Å². The highest BCUT2D eigenvalue weighted by atomic mass is 35.5. The van der Waals surface area contributed by atoms with Crippen LogP contribution in [0.5, 0.6) is 0 Å². The number of benzene rings is 2. The second-order valence-corrected chi connectivity index (χ2v) is 6.24. The second kappa shape index (κ2) is 6.31. The van der Waals surface area contributed by atoms with E-state index in [9.17, 15) is 4.79 Å². The van der Waals surface area contributed by atoms with Gasteiger partial charge in [0.1, 0.15) is 0 Å². The van der Waals surface area contributed by atoms with Gasteiger partial charge in [-0.25, -0.2) is 0 Å². The number of hydrogen-bond donors (Lipinski definition) is 1. The average Bonchev–Trinajstić information content (AvgIpc) is 2.45. The lowest BCUT2D eigenvalue weighted by atomic mass is 9.83. The van der Waals surface area contributed by atoms with Crippen LogP contribution in [0.15, 0.2) is 48.5 Å². The molecule has 0 fully saturated rings. The molecular weight excluding hydrogens is 282 g/mol. The SMILES string of the molecule is Cc1cccc(CNC(=O)C(C)(C)c2ccc(Cl)cc2)c1. The largest absolute Gasteiger partial charge is 0.351 e. The van der Waals surface area contributed by atoms with Crippen LogP contribution in [0.3, 0.4) is 0 Å². The molecular formula is C18H20ClNO. The molecule has 3 heteroatoms. The van der Waals surface area contributed by atoms with Crippen molar-refractivity contribution in [2.45, 2.75) is 32.7 Å². The van der Waals surface area contributed by atoms with Crippen LogP contribution in [0, 0.1) is 6.92 Å².